The second kappa shape index (κ2) is 7.63. The van der Waals surface area contributed by atoms with Gasteiger partial charge in [-0.25, -0.2) is 22.9 Å². The molecule has 4 rings (SSSR count). The van der Waals surface area contributed by atoms with Gasteiger partial charge in [-0.05, 0) is 80.5 Å². The zero-order valence-corrected chi connectivity index (χ0v) is 18.7. The molecule has 31 heavy (non-hydrogen) atoms. The van der Waals surface area contributed by atoms with E-state index in [2.05, 4.69) is 10.0 Å². The van der Waals surface area contributed by atoms with Gasteiger partial charge >= 0.3 is 6.03 Å². The molecule has 9 heteroatoms. The second-order valence-corrected chi connectivity index (χ2v) is 10.8. The Hall–Kier alpha value is -2.39. The summed E-state index contributed by atoms with van der Waals surface area (Å²) < 4.78 is 42.9. The maximum atomic E-state index is 14.7. The lowest BCUT2D eigenvalue weighted by atomic mass is 9.90. The molecule has 1 aromatic carbocycles. The Kier molecular flexibility index (Phi) is 5.37. The van der Waals surface area contributed by atoms with Crippen molar-refractivity contribution in [2.45, 2.75) is 69.5 Å². The molecule has 0 aliphatic heterocycles. The van der Waals surface area contributed by atoms with Crippen molar-refractivity contribution in [2.24, 2.45) is 5.92 Å². The molecule has 7 nitrogen and oxygen atoms in total. The fraction of sp³-hybridized carbons (Fsp3) is 0.500. The van der Waals surface area contributed by atoms with Gasteiger partial charge in [0, 0.05) is 17.3 Å². The van der Waals surface area contributed by atoms with Crippen LogP contribution in [0.4, 0.5) is 14.9 Å². The van der Waals surface area contributed by atoms with Gasteiger partial charge in [0.2, 0.25) is 5.09 Å². The number of amides is 2. The van der Waals surface area contributed by atoms with E-state index < -0.39 is 21.5 Å². The number of rotatable bonds is 6. The number of halogens is 1. The van der Waals surface area contributed by atoms with E-state index in [1.54, 1.807) is 0 Å². The molecule has 1 saturated carbocycles. The van der Waals surface area contributed by atoms with Crippen molar-refractivity contribution in [1.29, 1.82) is 4.78 Å². The van der Waals surface area contributed by atoms with Crippen molar-refractivity contribution in [3.8, 4) is 0 Å². The molecule has 2 atom stereocenters. The number of nitrogens with one attached hydrogen (secondary N) is 3. The van der Waals surface area contributed by atoms with Gasteiger partial charge in [-0.1, -0.05) is 6.92 Å². The van der Waals surface area contributed by atoms with Crippen molar-refractivity contribution in [3.63, 3.8) is 0 Å². The van der Waals surface area contributed by atoms with Crippen LogP contribution in [0, 0.1) is 16.5 Å². The molecule has 1 heterocycles. The largest absolute Gasteiger partial charge is 0.452 e. The number of carbonyl (C=O) groups is 1. The van der Waals surface area contributed by atoms with Crippen LogP contribution in [0.3, 0.4) is 0 Å². The Morgan fingerprint density at radius 3 is 2.61 bits per heavy atom. The van der Waals surface area contributed by atoms with Crippen molar-refractivity contribution in [3.05, 3.63) is 46.5 Å². The predicted molar refractivity (Wildman–Crippen MR) is 115 cm³/mol. The standard InChI is InChI=1S/C22H28FN3O4S/c1-12(13-7-8-13)17-10-18(23)15-5-4-6-16(15)20(17)25-21(27)26-31(24,29)19-9-14(11-30-19)22(2,3)28/h9-13,28H,4-8H2,1-3H3,(H3,24,25,26,27,29)/t12-,31?/m1/s1. The molecule has 4 N–H and O–H groups in total. The summed E-state index contributed by atoms with van der Waals surface area (Å²) in [4.78, 5) is 12.7. The Labute approximate surface area is 181 Å². The lowest BCUT2D eigenvalue weighted by Gasteiger charge is -2.21. The van der Waals surface area contributed by atoms with Crippen LogP contribution >= 0.6 is 0 Å². The van der Waals surface area contributed by atoms with Gasteiger partial charge < -0.3 is 14.8 Å². The monoisotopic (exact) mass is 449 g/mol. The average Bonchev–Trinajstić information content (AvgIpc) is 3.17. The quantitative estimate of drug-likeness (QED) is 0.507. The third-order valence-electron chi connectivity index (χ3n) is 6.24. The van der Waals surface area contributed by atoms with Crippen LogP contribution in [-0.4, -0.2) is 15.3 Å². The zero-order chi connectivity index (χ0) is 22.6. The maximum Gasteiger partial charge on any atom is 0.332 e. The Morgan fingerprint density at radius 2 is 2.00 bits per heavy atom. The summed E-state index contributed by atoms with van der Waals surface area (Å²) in [5.41, 5.74) is 1.84. The number of aliphatic hydroxyl groups is 1. The highest BCUT2D eigenvalue weighted by Crippen LogP contribution is 2.47. The summed E-state index contributed by atoms with van der Waals surface area (Å²) in [6, 6.07) is 2.00. The van der Waals surface area contributed by atoms with E-state index in [9.17, 15) is 18.5 Å². The SMILES string of the molecule is C[C@@H](c1cc(F)c2c(c1NC(=O)NS(=N)(=O)c1cc(C(C)(C)O)co1)CCC2)C1CC1. The summed E-state index contributed by atoms with van der Waals surface area (Å²) in [5.74, 6) is 0.321. The maximum absolute atomic E-state index is 14.7. The van der Waals surface area contributed by atoms with E-state index in [0.717, 1.165) is 30.4 Å². The third-order valence-corrected chi connectivity index (χ3v) is 7.49. The lowest BCUT2D eigenvalue weighted by molar-refractivity contribution is 0.0779. The van der Waals surface area contributed by atoms with Gasteiger partial charge in [-0.3, -0.25) is 0 Å². The average molecular weight is 450 g/mol. The molecule has 2 aliphatic carbocycles. The first kappa shape index (κ1) is 21.8. The van der Waals surface area contributed by atoms with Gasteiger partial charge in [0.05, 0.1) is 11.9 Å². The van der Waals surface area contributed by atoms with Crippen molar-refractivity contribution < 1.29 is 22.9 Å². The first-order valence-electron chi connectivity index (χ1n) is 10.5. The highest BCUT2D eigenvalue weighted by atomic mass is 32.2. The highest BCUT2D eigenvalue weighted by Gasteiger charge is 2.34. The Balaban J connectivity index is 1.60. The summed E-state index contributed by atoms with van der Waals surface area (Å²) in [6.07, 6.45) is 5.46. The number of carbonyl (C=O) groups excluding carboxylic acids is 1. The van der Waals surface area contributed by atoms with Crippen LogP contribution in [0.25, 0.3) is 0 Å². The van der Waals surface area contributed by atoms with Crippen molar-refractivity contribution >= 4 is 21.6 Å². The van der Waals surface area contributed by atoms with Gasteiger partial charge in [-0.2, -0.15) is 0 Å². The zero-order valence-electron chi connectivity index (χ0n) is 17.9. The highest BCUT2D eigenvalue weighted by molar-refractivity contribution is 7.91. The first-order chi connectivity index (χ1) is 14.5. The third kappa shape index (κ3) is 4.34. The summed E-state index contributed by atoms with van der Waals surface area (Å²) in [7, 11) is -3.79. The number of fused-ring (bicyclic) bond motifs is 1. The number of anilines is 1. The molecule has 2 aromatic rings. The molecule has 1 unspecified atom stereocenters. The van der Waals surface area contributed by atoms with Crippen molar-refractivity contribution in [2.75, 3.05) is 5.32 Å². The number of furan rings is 1. The van der Waals surface area contributed by atoms with E-state index in [4.69, 9.17) is 9.20 Å². The topological polar surface area (TPSA) is 115 Å². The number of hydrogen-bond donors (Lipinski definition) is 4. The minimum atomic E-state index is -3.79. The van der Waals surface area contributed by atoms with Crippen LogP contribution in [-0.2, 0) is 28.4 Å². The number of hydrogen-bond acceptors (Lipinski definition) is 5. The van der Waals surface area contributed by atoms with Crippen LogP contribution in [0.15, 0.2) is 27.9 Å². The molecular formula is C22H28FN3O4S. The van der Waals surface area contributed by atoms with Crippen LogP contribution in [0.5, 0.6) is 0 Å². The molecule has 2 amide bonds. The van der Waals surface area contributed by atoms with Crippen LogP contribution in [0.1, 0.15) is 68.2 Å². The van der Waals surface area contributed by atoms with Gasteiger partial charge in [0.25, 0.3) is 0 Å². The minimum absolute atomic E-state index is 0.0930. The molecule has 1 fully saturated rings. The fourth-order valence-electron chi connectivity index (χ4n) is 4.22. The predicted octanol–water partition coefficient (Wildman–Crippen LogP) is 4.79. The van der Waals surface area contributed by atoms with Gasteiger partial charge in [0.1, 0.15) is 5.82 Å². The first-order valence-corrected chi connectivity index (χ1v) is 12.1. The van der Waals surface area contributed by atoms with E-state index in [1.165, 1.54) is 32.2 Å². The van der Waals surface area contributed by atoms with E-state index in [-0.39, 0.29) is 16.8 Å². The van der Waals surface area contributed by atoms with Crippen LogP contribution < -0.4 is 10.0 Å². The van der Waals surface area contributed by atoms with Gasteiger partial charge in [-0.15, -0.1) is 0 Å². The molecule has 1 aromatic heterocycles. The van der Waals surface area contributed by atoms with Crippen LogP contribution in [0.2, 0.25) is 0 Å². The Bertz CT molecular complexity index is 1130. The molecule has 0 bridgehead atoms. The molecule has 2 aliphatic rings. The minimum Gasteiger partial charge on any atom is -0.452 e. The van der Waals surface area contributed by atoms with Crippen molar-refractivity contribution in [1.82, 2.24) is 4.72 Å². The molecular weight excluding hydrogens is 421 g/mol. The van der Waals surface area contributed by atoms with E-state index in [1.807, 2.05) is 6.92 Å². The molecule has 0 radical (unpaired) electrons. The lowest BCUT2D eigenvalue weighted by Crippen LogP contribution is -2.34. The smallest absolute Gasteiger partial charge is 0.332 e. The summed E-state index contributed by atoms with van der Waals surface area (Å²) >= 11 is 0. The van der Waals surface area contributed by atoms with E-state index in [0.29, 0.717) is 35.6 Å². The molecule has 0 spiro atoms. The molecule has 168 valence electrons. The Morgan fingerprint density at radius 1 is 1.32 bits per heavy atom. The number of benzene rings is 1. The second-order valence-electron chi connectivity index (χ2n) is 9.09. The summed E-state index contributed by atoms with van der Waals surface area (Å²) in [5, 5.41) is 12.5. The molecule has 0 saturated heterocycles. The normalized spacial score (nSPS) is 18.9. The number of urea groups is 1. The van der Waals surface area contributed by atoms with E-state index >= 15 is 0 Å². The summed E-state index contributed by atoms with van der Waals surface area (Å²) in [6.45, 7) is 5.10. The van der Waals surface area contributed by atoms with Gasteiger partial charge in [0.15, 0.2) is 9.92 Å². The fourth-order valence-corrected chi connectivity index (χ4v) is 5.11.